The number of nitrogens with zero attached hydrogens (tertiary/aromatic N) is 1. The minimum Gasteiger partial charge on any atom is -0.377 e. The molecule has 0 spiro atoms. The van der Waals surface area contributed by atoms with Gasteiger partial charge in [-0.25, -0.2) is 4.98 Å². The number of fused-ring (bicyclic) bond motifs is 1. The molecule has 4 rings (SSSR count). The van der Waals surface area contributed by atoms with Crippen molar-refractivity contribution < 1.29 is 27.5 Å². The third kappa shape index (κ3) is 5.22. The van der Waals surface area contributed by atoms with Crippen molar-refractivity contribution in [2.24, 2.45) is 0 Å². The molecule has 2 amide bonds. The minimum atomic E-state index is -4.68. The molecule has 1 saturated carbocycles. The average Bonchev–Trinajstić information content (AvgIpc) is 3.21. The first-order valence-corrected chi connectivity index (χ1v) is 11.1. The van der Waals surface area contributed by atoms with Crippen LogP contribution in [-0.4, -0.2) is 34.9 Å². The molecule has 34 heavy (non-hydrogen) atoms. The number of hydrogen-bond acceptors (Lipinski definition) is 4. The van der Waals surface area contributed by atoms with Gasteiger partial charge >= 0.3 is 6.18 Å². The number of amides is 2. The number of methoxy groups -OCH3 is 1. The van der Waals surface area contributed by atoms with E-state index < -0.39 is 23.2 Å². The Morgan fingerprint density at radius 3 is 2.53 bits per heavy atom. The molecule has 7 nitrogen and oxygen atoms in total. The normalized spacial score (nSPS) is 14.8. The molecule has 0 radical (unpaired) electrons. The molecule has 10 heteroatoms. The van der Waals surface area contributed by atoms with Crippen LogP contribution in [0.4, 0.5) is 18.9 Å². The van der Waals surface area contributed by atoms with E-state index in [1.807, 2.05) is 0 Å². The third-order valence-corrected chi connectivity index (χ3v) is 5.84. The number of alkyl halides is 3. The Kier molecular flexibility index (Phi) is 6.87. The lowest BCUT2D eigenvalue weighted by molar-refractivity contribution is -0.137. The molecule has 1 heterocycles. The van der Waals surface area contributed by atoms with Crippen molar-refractivity contribution in [3.63, 3.8) is 0 Å². The van der Waals surface area contributed by atoms with Crippen molar-refractivity contribution >= 4 is 28.5 Å². The lowest BCUT2D eigenvalue weighted by Crippen LogP contribution is -2.36. The molecule has 0 unspecified atom stereocenters. The molecule has 1 fully saturated rings. The predicted molar refractivity (Wildman–Crippen MR) is 121 cm³/mol. The highest BCUT2D eigenvalue weighted by molar-refractivity contribution is 6.10. The van der Waals surface area contributed by atoms with E-state index in [2.05, 4.69) is 20.6 Å². The summed E-state index contributed by atoms with van der Waals surface area (Å²) in [7, 11) is 1.51. The number of imidazole rings is 1. The molecule has 0 atom stereocenters. The number of halogens is 3. The number of hydrogen-bond donors (Lipinski definition) is 3. The van der Waals surface area contributed by atoms with Crippen molar-refractivity contribution in [3.8, 4) is 0 Å². The zero-order chi connectivity index (χ0) is 24.3. The Labute approximate surface area is 194 Å². The van der Waals surface area contributed by atoms with Crippen molar-refractivity contribution in [1.82, 2.24) is 15.3 Å². The molecule has 1 aromatic heterocycles. The fourth-order valence-corrected chi connectivity index (χ4v) is 4.26. The molecule has 3 aromatic rings. The largest absolute Gasteiger partial charge is 0.417 e. The fraction of sp³-hybridized carbons (Fsp3) is 0.375. The van der Waals surface area contributed by atoms with Crippen LogP contribution in [0.25, 0.3) is 11.0 Å². The molecule has 1 aliphatic rings. The second kappa shape index (κ2) is 9.84. The first kappa shape index (κ1) is 23.7. The number of benzene rings is 2. The standard InChI is InChI=1S/C24H25F3N4O3/c1-34-13-20-30-19-12-15(29-22(32)16-9-5-6-10-18(16)24(25,26)27)11-17(21(19)31-20)23(33)28-14-7-3-2-4-8-14/h5-6,9-12,14H,2-4,7-8,13H2,1H3,(H,28,33)(H,29,32)(H,30,31). The summed E-state index contributed by atoms with van der Waals surface area (Å²) < 4.78 is 45.2. The summed E-state index contributed by atoms with van der Waals surface area (Å²) in [5, 5.41) is 5.53. The van der Waals surface area contributed by atoms with Gasteiger partial charge in [-0.2, -0.15) is 13.2 Å². The number of aromatic nitrogens is 2. The summed E-state index contributed by atoms with van der Waals surface area (Å²) in [4.78, 5) is 33.4. The smallest absolute Gasteiger partial charge is 0.377 e. The van der Waals surface area contributed by atoms with Crippen LogP contribution in [0.5, 0.6) is 0 Å². The highest BCUT2D eigenvalue weighted by atomic mass is 19.4. The fourth-order valence-electron chi connectivity index (χ4n) is 4.26. The van der Waals surface area contributed by atoms with Gasteiger partial charge in [-0.15, -0.1) is 0 Å². The SMILES string of the molecule is COCc1nc2c(C(=O)NC3CCCCC3)cc(NC(=O)c3ccccc3C(F)(F)F)cc2[nH]1. The summed E-state index contributed by atoms with van der Waals surface area (Å²) in [6.07, 6.45) is 0.299. The van der Waals surface area contributed by atoms with Gasteiger partial charge in [-0.1, -0.05) is 31.4 Å². The van der Waals surface area contributed by atoms with E-state index in [4.69, 9.17) is 4.74 Å². The number of nitrogens with one attached hydrogen (secondary N) is 3. The summed E-state index contributed by atoms with van der Waals surface area (Å²) in [6.45, 7) is 0.180. The van der Waals surface area contributed by atoms with Crippen LogP contribution < -0.4 is 10.6 Å². The van der Waals surface area contributed by atoms with Crippen LogP contribution in [0.3, 0.4) is 0 Å². The van der Waals surface area contributed by atoms with Gasteiger partial charge in [0.15, 0.2) is 0 Å². The molecule has 0 aliphatic heterocycles. The van der Waals surface area contributed by atoms with E-state index >= 15 is 0 Å². The maximum atomic E-state index is 13.4. The lowest BCUT2D eigenvalue weighted by atomic mass is 9.95. The minimum absolute atomic E-state index is 0.0468. The van der Waals surface area contributed by atoms with Gasteiger partial charge in [-0.05, 0) is 37.1 Å². The number of carbonyl (C=O) groups excluding carboxylic acids is 2. The predicted octanol–water partition coefficient (Wildman–Crippen LogP) is 5.04. The first-order chi connectivity index (χ1) is 16.3. The summed E-state index contributed by atoms with van der Waals surface area (Å²) >= 11 is 0. The van der Waals surface area contributed by atoms with Gasteiger partial charge in [0.1, 0.15) is 17.9 Å². The van der Waals surface area contributed by atoms with Gasteiger partial charge in [0, 0.05) is 18.8 Å². The monoisotopic (exact) mass is 474 g/mol. The van der Waals surface area contributed by atoms with Crippen LogP contribution in [0.1, 0.15) is 64.2 Å². The molecule has 1 aliphatic carbocycles. The number of carbonyl (C=O) groups is 2. The van der Waals surface area contributed by atoms with E-state index in [1.54, 1.807) is 0 Å². The summed E-state index contributed by atoms with van der Waals surface area (Å²) in [5.74, 6) is -0.795. The topological polar surface area (TPSA) is 96.1 Å². The van der Waals surface area contributed by atoms with E-state index in [0.717, 1.165) is 44.2 Å². The molecule has 0 saturated heterocycles. The third-order valence-electron chi connectivity index (χ3n) is 5.84. The molecule has 180 valence electrons. The zero-order valence-corrected chi connectivity index (χ0v) is 18.6. The Hall–Kier alpha value is -3.40. The van der Waals surface area contributed by atoms with E-state index in [9.17, 15) is 22.8 Å². The summed E-state index contributed by atoms with van der Waals surface area (Å²) in [5.41, 5.74) is -0.283. The summed E-state index contributed by atoms with van der Waals surface area (Å²) in [6, 6.07) is 7.57. The van der Waals surface area contributed by atoms with Gasteiger partial charge < -0.3 is 20.4 Å². The van der Waals surface area contributed by atoms with E-state index in [0.29, 0.717) is 16.9 Å². The maximum absolute atomic E-state index is 13.4. The van der Waals surface area contributed by atoms with Crippen molar-refractivity contribution in [2.75, 3.05) is 12.4 Å². The first-order valence-electron chi connectivity index (χ1n) is 11.1. The number of aromatic amines is 1. The molecular formula is C24H25F3N4O3. The van der Waals surface area contributed by atoms with Crippen molar-refractivity contribution in [1.29, 1.82) is 0 Å². The quantitative estimate of drug-likeness (QED) is 0.466. The van der Waals surface area contributed by atoms with Gasteiger partial charge in [0.05, 0.1) is 22.2 Å². The van der Waals surface area contributed by atoms with Gasteiger partial charge in [0.2, 0.25) is 0 Å². The molecule has 0 bridgehead atoms. The molecular weight excluding hydrogens is 449 g/mol. The number of H-pyrrole nitrogens is 1. The highest BCUT2D eigenvalue weighted by Gasteiger charge is 2.35. The van der Waals surface area contributed by atoms with Crippen LogP contribution in [-0.2, 0) is 17.5 Å². The molecule has 2 aromatic carbocycles. The Bertz CT molecular complexity index is 1200. The highest BCUT2D eigenvalue weighted by Crippen LogP contribution is 2.32. The van der Waals surface area contributed by atoms with Gasteiger partial charge in [0.25, 0.3) is 11.8 Å². The number of ether oxygens (including phenoxy) is 1. The Morgan fingerprint density at radius 2 is 1.82 bits per heavy atom. The van der Waals surface area contributed by atoms with E-state index in [1.165, 1.54) is 31.4 Å². The lowest BCUT2D eigenvalue weighted by Gasteiger charge is -2.23. The van der Waals surface area contributed by atoms with E-state index in [-0.39, 0.29) is 29.8 Å². The Morgan fingerprint density at radius 1 is 1.09 bits per heavy atom. The van der Waals surface area contributed by atoms with Crippen molar-refractivity contribution in [2.45, 2.75) is 50.9 Å². The average molecular weight is 474 g/mol. The number of anilines is 1. The van der Waals surface area contributed by atoms with Crippen LogP contribution in [0, 0.1) is 0 Å². The second-order valence-corrected chi connectivity index (χ2v) is 8.34. The van der Waals surface area contributed by atoms with Crippen LogP contribution >= 0.6 is 0 Å². The molecule has 3 N–H and O–H groups in total. The van der Waals surface area contributed by atoms with Crippen molar-refractivity contribution in [3.05, 3.63) is 58.9 Å². The van der Waals surface area contributed by atoms with Gasteiger partial charge in [-0.3, -0.25) is 9.59 Å². The zero-order valence-electron chi connectivity index (χ0n) is 18.6. The van der Waals surface area contributed by atoms with Crippen LogP contribution in [0.2, 0.25) is 0 Å². The van der Waals surface area contributed by atoms with Crippen LogP contribution in [0.15, 0.2) is 36.4 Å². The number of rotatable bonds is 6. The Balaban J connectivity index is 1.68. The maximum Gasteiger partial charge on any atom is 0.417 e. The second-order valence-electron chi connectivity index (χ2n) is 8.34.